The van der Waals surface area contributed by atoms with Crippen LogP contribution in [0.3, 0.4) is 0 Å². The number of nitrogens with zero attached hydrogens (tertiary/aromatic N) is 3. The molecule has 0 atom stereocenters. The van der Waals surface area contributed by atoms with Crippen molar-refractivity contribution in [1.29, 1.82) is 0 Å². The third kappa shape index (κ3) is 3.82. The van der Waals surface area contributed by atoms with Gasteiger partial charge in [-0.15, -0.1) is 11.3 Å². The summed E-state index contributed by atoms with van der Waals surface area (Å²) >= 11 is 1.30. The molecule has 0 saturated carbocycles. The third-order valence-electron chi connectivity index (χ3n) is 3.75. The van der Waals surface area contributed by atoms with Crippen LogP contribution >= 0.6 is 11.3 Å². The van der Waals surface area contributed by atoms with Crippen molar-refractivity contribution in [3.05, 3.63) is 16.1 Å². The molecule has 1 aromatic heterocycles. The maximum Gasteiger partial charge on any atom is 0.306 e. The maximum atomic E-state index is 12.2. The van der Waals surface area contributed by atoms with Gasteiger partial charge in [0, 0.05) is 20.1 Å². The Morgan fingerprint density at radius 3 is 2.55 bits per heavy atom. The van der Waals surface area contributed by atoms with Crippen LogP contribution in [-0.2, 0) is 9.59 Å². The molecule has 1 aliphatic heterocycles. The highest BCUT2D eigenvalue weighted by Gasteiger charge is 2.28. The molecule has 8 heteroatoms. The zero-order valence-electron chi connectivity index (χ0n) is 12.6. The van der Waals surface area contributed by atoms with E-state index >= 15 is 0 Å². The Kier molecular flexibility index (Phi) is 5.12. The van der Waals surface area contributed by atoms with Crippen molar-refractivity contribution < 1.29 is 19.5 Å². The summed E-state index contributed by atoms with van der Waals surface area (Å²) in [5, 5.41) is 9.75. The number of likely N-dealkylation sites (N-methyl/N-ethyl adjacent to an activating group) is 1. The van der Waals surface area contributed by atoms with Crippen LogP contribution in [0.25, 0.3) is 0 Å². The van der Waals surface area contributed by atoms with Crippen molar-refractivity contribution in [3.8, 4) is 0 Å². The van der Waals surface area contributed by atoms with Gasteiger partial charge in [-0.05, 0) is 19.8 Å². The van der Waals surface area contributed by atoms with Gasteiger partial charge in [-0.2, -0.15) is 0 Å². The third-order valence-corrected chi connectivity index (χ3v) is 4.65. The molecule has 22 heavy (non-hydrogen) atoms. The van der Waals surface area contributed by atoms with Crippen LogP contribution in [0.4, 0.5) is 0 Å². The van der Waals surface area contributed by atoms with Gasteiger partial charge in [0.25, 0.3) is 5.91 Å². The van der Waals surface area contributed by atoms with Crippen LogP contribution in [-0.4, -0.2) is 64.4 Å². The van der Waals surface area contributed by atoms with E-state index in [-0.39, 0.29) is 24.3 Å². The molecule has 0 aliphatic carbocycles. The van der Waals surface area contributed by atoms with Crippen molar-refractivity contribution in [2.45, 2.75) is 19.8 Å². The zero-order valence-corrected chi connectivity index (χ0v) is 13.4. The number of carboxylic acids is 1. The van der Waals surface area contributed by atoms with E-state index in [4.69, 9.17) is 5.11 Å². The molecule has 120 valence electrons. The summed E-state index contributed by atoms with van der Waals surface area (Å²) in [5.41, 5.74) is 0. The van der Waals surface area contributed by atoms with Gasteiger partial charge in [0.1, 0.15) is 4.88 Å². The SMILES string of the molecule is Cc1ncc(C(=O)N(C)CC(=O)N2CCC(C(=O)O)CC2)s1. The topological polar surface area (TPSA) is 90.8 Å². The first-order valence-corrected chi connectivity index (χ1v) is 7.88. The van der Waals surface area contributed by atoms with Crippen molar-refractivity contribution in [2.75, 3.05) is 26.7 Å². The number of piperidine rings is 1. The number of aromatic nitrogens is 1. The first-order valence-electron chi connectivity index (χ1n) is 7.07. The number of carbonyl (C=O) groups excluding carboxylic acids is 2. The van der Waals surface area contributed by atoms with Crippen LogP contribution in [0.5, 0.6) is 0 Å². The summed E-state index contributed by atoms with van der Waals surface area (Å²) in [6.07, 6.45) is 2.45. The molecule has 2 heterocycles. The first-order chi connectivity index (χ1) is 10.4. The Morgan fingerprint density at radius 1 is 1.41 bits per heavy atom. The summed E-state index contributed by atoms with van der Waals surface area (Å²) < 4.78 is 0. The van der Waals surface area contributed by atoms with Crippen molar-refractivity contribution in [2.24, 2.45) is 5.92 Å². The molecule has 0 spiro atoms. The highest BCUT2D eigenvalue weighted by Crippen LogP contribution is 2.18. The van der Waals surface area contributed by atoms with Crippen LogP contribution in [0.15, 0.2) is 6.20 Å². The molecule has 1 saturated heterocycles. The normalized spacial score (nSPS) is 15.6. The van der Waals surface area contributed by atoms with Gasteiger partial charge in [-0.3, -0.25) is 14.4 Å². The smallest absolute Gasteiger partial charge is 0.306 e. The predicted octanol–water partition coefficient (Wildman–Crippen LogP) is 0.847. The van der Waals surface area contributed by atoms with E-state index in [0.717, 1.165) is 5.01 Å². The van der Waals surface area contributed by atoms with Gasteiger partial charge in [0.05, 0.1) is 23.7 Å². The Hall–Kier alpha value is -1.96. The van der Waals surface area contributed by atoms with E-state index in [9.17, 15) is 14.4 Å². The molecule has 1 N–H and O–H groups in total. The standard InChI is InChI=1S/C14H19N3O4S/c1-9-15-7-11(22-9)13(19)16(2)8-12(18)17-5-3-10(4-6-17)14(20)21/h7,10H,3-6,8H2,1-2H3,(H,20,21). The fourth-order valence-corrected chi connectivity index (χ4v) is 3.17. The van der Waals surface area contributed by atoms with Gasteiger partial charge in [-0.25, -0.2) is 4.98 Å². The second-order valence-electron chi connectivity index (χ2n) is 5.40. The van der Waals surface area contributed by atoms with Crippen LogP contribution in [0.2, 0.25) is 0 Å². The molecule has 0 aromatic carbocycles. The first kappa shape index (κ1) is 16.4. The Balaban J connectivity index is 1.87. The Labute approximate surface area is 132 Å². The maximum absolute atomic E-state index is 12.2. The lowest BCUT2D eigenvalue weighted by atomic mass is 9.97. The molecule has 1 fully saturated rings. The van der Waals surface area contributed by atoms with E-state index < -0.39 is 5.97 Å². The van der Waals surface area contributed by atoms with Crippen molar-refractivity contribution in [3.63, 3.8) is 0 Å². The number of aryl methyl sites for hydroxylation is 1. The number of carbonyl (C=O) groups is 3. The quantitative estimate of drug-likeness (QED) is 0.886. The molecule has 7 nitrogen and oxygen atoms in total. The second kappa shape index (κ2) is 6.87. The van der Waals surface area contributed by atoms with Gasteiger partial charge in [-0.1, -0.05) is 0 Å². The Bertz CT molecular complexity index is 578. The fourth-order valence-electron chi connectivity index (χ4n) is 2.40. The highest BCUT2D eigenvalue weighted by atomic mass is 32.1. The average molecular weight is 325 g/mol. The largest absolute Gasteiger partial charge is 0.481 e. The number of likely N-dealkylation sites (tertiary alicyclic amines) is 1. The number of amides is 2. The minimum atomic E-state index is -0.806. The predicted molar refractivity (Wildman–Crippen MR) is 80.8 cm³/mol. The second-order valence-corrected chi connectivity index (χ2v) is 6.63. The zero-order chi connectivity index (χ0) is 16.3. The van der Waals surface area contributed by atoms with E-state index in [1.807, 2.05) is 6.92 Å². The van der Waals surface area contributed by atoms with E-state index in [2.05, 4.69) is 4.98 Å². The summed E-state index contributed by atoms with van der Waals surface area (Å²) in [4.78, 5) is 42.8. The molecular formula is C14H19N3O4S. The highest BCUT2D eigenvalue weighted by molar-refractivity contribution is 7.13. The van der Waals surface area contributed by atoms with E-state index in [1.54, 1.807) is 11.9 Å². The number of hydrogen-bond donors (Lipinski definition) is 1. The summed E-state index contributed by atoms with van der Waals surface area (Å²) in [7, 11) is 1.58. The molecule has 0 bridgehead atoms. The van der Waals surface area contributed by atoms with E-state index in [0.29, 0.717) is 30.8 Å². The summed E-state index contributed by atoms with van der Waals surface area (Å²) in [6, 6.07) is 0. The average Bonchev–Trinajstić information content (AvgIpc) is 2.92. The number of carboxylic acid groups (broad SMARTS) is 1. The lowest BCUT2D eigenvalue weighted by molar-refractivity contribution is -0.145. The number of hydrogen-bond acceptors (Lipinski definition) is 5. The molecule has 2 rings (SSSR count). The van der Waals surface area contributed by atoms with Crippen molar-refractivity contribution >= 4 is 29.1 Å². The van der Waals surface area contributed by atoms with Gasteiger partial charge < -0.3 is 14.9 Å². The molecular weight excluding hydrogens is 306 g/mol. The number of aliphatic carboxylic acids is 1. The van der Waals surface area contributed by atoms with Crippen LogP contribution < -0.4 is 0 Å². The fraction of sp³-hybridized carbons (Fsp3) is 0.571. The van der Waals surface area contributed by atoms with Crippen LogP contribution in [0, 0.1) is 12.8 Å². The monoisotopic (exact) mass is 325 g/mol. The lowest BCUT2D eigenvalue weighted by Gasteiger charge is -2.31. The minimum Gasteiger partial charge on any atom is -0.481 e. The van der Waals surface area contributed by atoms with Crippen LogP contribution in [0.1, 0.15) is 27.5 Å². The molecule has 1 aliphatic rings. The minimum absolute atomic E-state index is 0.00643. The summed E-state index contributed by atoms with van der Waals surface area (Å²) in [6.45, 7) is 2.67. The molecule has 1 aromatic rings. The van der Waals surface area contributed by atoms with Gasteiger partial charge >= 0.3 is 5.97 Å². The lowest BCUT2D eigenvalue weighted by Crippen LogP contribution is -2.45. The number of thiazole rings is 1. The Morgan fingerprint density at radius 2 is 2.05 bits per heavy atom. The van der Waals surface area contributed by atoms with E-state index in [1.165, 1.54) is 22.4 Å². The summed E-state index contributed by atoms with van der Waals surface area (Å²) in [5.74, 6) is -1.55. The van der Waals surface area contributed by atoms with Gasteiger partial charge in [0.15, 0.2) is 0 Å². The number of rotatable bonds is 4. The molecule has 0 radical (unpaired) electrons. The molecule has 0 unspecified atom stereocenters. The van der Waals surface area contributed by atoms with Crippen molar-refractivity contribution in [1.82, 2.24) is 14.8 Å². The molecule has 2 amide bonds. The van der Waals surface area contributed by atoms with Gasteiger partial charge in [0.2, 0.25) is 5.91 Å².